The van der Waals surface area contributed by atoms with Crippen molar-refractivity contribution in [2.24, 2.45) is 21.8 Å². The number of nitroso groups, excluding NO2 is 2. The molecule has 0 rings (SSSR count). The molecule has 0 aliphatic rings. The molecule has 0 aliphatic carbocycles. The number of nitrogens with two attached hydrogens (primary N) is 2. The summed E-state index contributed by atoms with van der Waals surface area (Å²) >= 11 is 0. The van der Waals surface area contributed by atoms with Gasteiger partial charge in [0.2, 0.25) is 0 Å². The second kappa shape index (κ2) is 2.37. The molecular weight excluding hydrogens is 140 g/mol. The second-order valence-electron chi connectivity index (χ2n) is 2.06. The van der Waals surface area contributed by atoms with Crippen LogP contribution in [0, 0.1) is 9.81 Å². The van der Waals surface area contributed by atoms with Gasteiger partial charge in [-0.3, -0.25) is 11.5 Å². The summed E-state index contributed by atoms with van der Waals surface area (Å²) in [6.07, 6.45) is 0. The zero-order valence-corrected chi connectivity index (χ0v) is 5.31. The summed E-state index contributed by atoms with van der Waals surface area (Å²) in [7, 11) is 0. The monoisotopic (exact) mass is 148 g/mol. The molecule has 0 aliphatic heterocycles. The predicted octanol–water partition coefficient (Wildman–Crippen LogP) is -1.20. The average molecular weight is 148 g/mol. The van der Waals surface area contributed by atoms with Gasteiger partial charge in [-0.05, 0) is 17.3 Å². The number of hydrogen-bond acceptors (Lipinski definition) is 7. The van der Waals surface area contributed by atoms with Gasteiger partial charge in [-0.1, -0.05) is 0 Å². The molecule has 5 N–H and O–H groups in total. The van der Waals surface area contributed by atoms with Crippen molar-refractivity contribution < 1.29 is 5.11 Å². The zero-order valence-electron chi connectivity index (χ0n) is 5.31. The van der Waals surface area contributed by atoms with E-state index in [1.807, 2.05) is 0 Å². The molecule has 0 spiro atoms. The van der Waals surface area contributed by atoms with E-state index < -0.39 is 11.5 Å². The van der Waals surface area contributed by atoms with E-state index >= 15 is 0 Å². The highest BCUT2D eigenvalue weighted by Gasteiger charge is 2.45. The lowest BCUT2D eigenvalue weighted by Crippen LogP contribution is -2.61. The van der Waals surface area contributed by atoms with Crippen LogP contribution >= 0.6 is 0 Å². The van der Waals surface area contributed by atoms with Gasteiger partial charge in [0, 0.05) is 0 Å². The molecule has 1 unspecified atom stereocenters. The molecule has 0 amide bonds. The Morgan fingerprint density at radius 2 is 1.60 bits per heavy atom. The van der Waals surface area contributed by atoms with Gasteiger partial charge in [-0.15, -0.1) is 9.81 Å². The Hall–Kier alpha value is -0.920. The molecule has 0 bridgehead atoms. The van der Waals surface area contributed by atoms with Crippen LogP contribution in [0.3, 0.4) is 0 Å². The smallest absolute Gasteiger partial charge is 0.323 e. The Kier molecular flexibility index (Phi) is 2.15. The Labute approximate surface area is 56.3 Å². The summed E-state index contributed by atoms with van der Waals surface area (Å²) in [6, 6.07) is 0. The third-order valence-electron chi connectivity index (χ3n) is 1.02. The van der Waals surface area contributed by atoms with Crippen LogP contribution in [0.15, 0.2) is 10.4 Å². The molecule has 0 aromatic rings. The van der Waals surface area contributed by atoms with E-state index in [2.05, 4.69) is 10.4 Å². The van der Waals surface area contributed by atoms with E-state index in [0.717, 1.165) is 6.92 Å². The minimum absolute atomic E-state index is 0.954. The van der Waals surface area contributed by atoms with Crippen LogP contribution in [0.1, 0.15) is 6.92 Å². The van der Waals surface area contributed by atoms with E-state index in [4.69, 9.17) is 16.6 Å². The molecule has 0 aromatic heterocycles. The molecule has 1 atom stereocenters. The largest absolute Gasteiger partial charge is 0.370 e. The summed E-state index contributed by atoms with van der Waals surface area (Å²) in [5.74, 6) is -2.51. The second-order valence-corrected chi connectivity index (χ2v) is 2.06. The van der Waals surface area contributed by atoms with Crippen LogP contribution < -0.4 is 11.5 Å². The highest BCUT2D eigenvalue weighted by molar-refractivity contribution is 4.91. The first-order valence-corrected chi connectivity index (χ1v) is 2.36. The van der Waals surface area contributed by atoms with E-state index in [-0.39, 0.29) is 0 Å². The summed E-state index contributed by atoms with van der Waals surface area (Å²) < 4.78 is 0. The zero-order chi connectivity index (χ0) is 8.41. The lowest BCUT2D eigenvalue weighted by Gasteiger charge is -2.25. The van der Waals surface area contributed by atoms with Gasteiger partial charge >= 0.3 is 5.79 Å². The SMILES string of the molecule is CC(N)(O)C(N)(N=O)N=O. The third kappa shape index (κ3) is 1.32. The first kappa shape index (κ1) is 9.08. The standard InChI is InChI=1S/C3H8N4O3/c1-2(4,8)3(5,6-9)7-10/h8H,4-5H2,1H3. The van der Waals surface area contributed by atoms with Crippen molar-refractivity contribution in [3.63, 3.8) is 0 Å². The highest BCUT2D eigenvalue weighted by atomic mass is 16.3. The Morgan fingerprint density at radius 3 is 1.60 bits per heavy atom. The van der Waals surface area contributed by atoms with Gasteiger partial charge in [0.25, 0.3) is 0 Å². The minimum atomic E-state index is -2.51. The fourth-order valence-corrected chi connectivity index (χ4v) is 0.201. The molecule has 0 saturated carbocycles. The van der Waals surface area contributed by atoms with Crippen molar-refractivity contribution in [1.29, 1.82) is 0 Å². The van der Waals surface area contributed by atoms with Crippen molar-refractivity contribution in [3.8, 4) is 0 Å². The van der Waals surface area contributed by atoms with Crippen LogP contribution in [0.25, 0.3) is 0 Å². The molecule has 10 heavy (non-hydrogen) atoms. The molecule has 0 radical (unpaired) electrons. The molecule has 7 nitrogen and oxygen atoms in total. The number of aliphatic hydroxyl groups is 1. The van der Waals surface area contributed by atoms with Crippen LogP contribution in [0.5, 0.6) is 0 Å². The van der Waals surface area contributed by atoms with E-state index in [1.165, 1.54) is 0 Å². The van der Waals surface area contributed by atoms with E-state index in [1.54, 1.807) is 0 Å². The van der Waals surface area contributed by atoms with Crippen molar-refractivity contribution in [2.45, 2.75) is 18.4 Å². The molecule has 58 valence electrons. The lowest BCUT2D eigenvalue weighted by molar-refractivity contribution is -0.00798. The van der Waals surface area contributed by atoms with Crippen molar-refractivity contribution in [3.05, 3.63) is 9.81 Å². The Bertz CT molecular complexity index is 142. The first-order valence-electron chi connectivity index (χ1n) is 2.36. The van der Waals surface area contributed by atoms with Crippen molar-refractivity contribution in [1.82, 2.24) is 0 Å². The first-order chi connectivity index (χ1) is 4.37. The maximum absolute atomic E-state index is 9.80. The Balaban J connectivity index is 4.65. The molecule has 0 saturated heterocycles. The fourth-order valence-electron chi connectivity index (χ4n) is 0.201. The third-order valence-corrected chi connectivity index (χ3v) is 1.02. The molecule has 0 aromatic carbocycles. The maximum Gasteiger partial charge on any atom is 0.323 e. The van der Waals surface area contributed by atoms with E-state index in [0.29, 0.717) is 0 Å². The van der Waals surface area contributed by atoms with Gasteiger partial charge < -0.3 is 5.11 Å². The minimum Gasteiger partial charge on any atom is -0.370 e. The van der Waals surface area contributed by atoms with E-state index in [9.17, 15) is 9.81 Å². The van der Waals surface area contributed by atoms with Crippen molar-refractivity contribution >= 4 is 0 Å². The van der Waals surface area contributed by atoms with Gasteiger partial charge in [0.1, 0.15) is 0 Å². The van der Waals surface area contributed by atoms with Gasteiger partial charge in [-0.2, -0.15) is 0 Å². The summed E-state index contributed by atoms with van der Waals surface area (Å²) in [6.45, 7) is 0.954. The average Bonchev–Trinajstić information content (AvgIpc) is 1.84. The van der Waals surface area contributed by atoms with Crippen LogP contribution in [0.4, 0.5) is 0 Å². The quantitative estimate of drug-likeness (QED) is 0.341. The fraction of sp³-hybridized carbons (Fsp3) is 1.00. The maximum atomic E-state index is 9.80. The van der Waals surface area contributed by atoms with Gasteiger partial charge in [0.15, 0.2) is 5.72 Å². The molecular formula is C3H8N4O3. The summed E-state index contributed by atoms with van der Waals surface area (Å²) in [5.41, 5.74) is 7.49. The number of rotatable bonds is 3. The highest BCUT2D eigenvalue weighted by Crippen LogP contribution is 2.15. The molecule has 0 heterocycles. The predicted molar refractivity (Wildman–Crippen MR) is 33.3 cm³/mol. The summed E-state index contributed by atoms with van der Waals surface area (Å²) in [4.78, 5) is 19.6. The lowest BCUT2D eigenvalue weighted by atomic mass is 10.1. The Morgan fingerprint density at radius 1 is 1.30 bits per heavy atom. The normalized spacial score (nSPS) is 17.6. The van der Waals surface area contributed by atoms with Crippen LogP contribution in [-0.2, 0) is 0 Å². The number of nitrogens with zero attached hydrogens (tertiary/aromatic N) is 2. The topological polar surface area (TPSA) is 131 Å². The van der Waals surface area contributed by atoms with Crippen LogP contribution in [0.2, 0.25) is 0 Å². The van der Waals surface area contributed by atoms with Gasteiger partial charge in [0.05, 0.1) is 0 Å². The van der Waals surface area contributed by atoms with Crippen LogP contribution in [-0.4, -0.2) is 16.6 Å². The molecule has 7 heteroatoms. The number of hydrogen-bond donors (Lipinski definition) is 3. The van der Waals surface area contributed by atoms with Crippen molar-refractivity contribution in [2.75, 3.05) is 0 Å². The van der Waals surface area contributed by atoms with Gasteiger partial charge in [-0.25, -0.2) is 0 Å². The molecule has 0 fully saturated rings. The summed E-state index contributed by atoms with van der Waals surface area (Å²) in [5, 5.41) is 13.0.